The fourth-order valence-electron chi connectivity index (χ4n) is 2.65. The SMILES string of the molecule is Nc1nc(Cl)nc(Nc2ccc(C=Cc3ccc(Nc4nc(N)nc(Cl)n4)cc3)cc2)n1. The Hall–Kier alpha value is -4.02. The Bertz CT molecular complexity index is 1120. The molecule has 0 amide bonds. The summed E-state index contributed by atoms with van der Waals surface area (Å²) in [5.74, 6) is 0.659. The number of hydrogen-bond acceptors (Lipinski definition) is 10. The van der Waals surface area contributed by atoms with Gasteiger partial charge in [-0.1, -0.05) is 36.4 Å². The van der Waals surface area contributed by atoms with Crippen molar-refractivity contribution >= 4 is 70.5 Å². The number of nitrogens with two attached hydrogens (primary N) is 2. The van der Waals surface area contributed by atoms with Gasteiger partial charge in [-0.15, -0.1) is 0 Å². The molecular formula is C20H16Cl2N10. The van der Waals surface area contributed by atoms with Crippen molar-refractivity contribution in [2.24, 2.45) is 0 Å². The summed E-state index contributed by atoms with van der Waals surface area (Å²) < 4.78 is 0. The first-order valence-electron chi connectivity index (χ1n) is 9.19. The summed E-state index contributed by atoms with van der Waals surface area (Å²) in [5.41, 5.74) is 14.8. The molecule has 4 aromatic rings. The zero-order valence-electron chi connectivity index (χ0n) is 16.4. The Morgan fingerprint density at radius 1 is 0.562 bits per heavy atom. The van der Waals surface area contributed by atoms with Crippen molar-refractivity contribution < 1.29 is 0 Å². The quantitative estimate of drug-likeness (QED) is 0.304. The van der Waals surface area contributed by atoms with Gasteiger partial charge >= 0.3 is 0 Å². The molecular weight excluding hydrogens is 451 g/mol. The Kier molecular flexibility index (Phi) is 6.24. The molecule has 12 heteroatoms. The monoisotopic (exact) mass is 466 g/mol. The summed E-state index contributed by atoms with van der Waals surface area (Å²) in [6.45, 7) is 0. The molecule has 10 nitrogen and oxygen atoms in total. The van der Waals surface area contributed by atoms with Crippen LogP contribution in [0.1, 0.15) is 11.1 Å². The fourth-order valence-corrected chi connectivity index (χ4v) is 2.98. The number of anilines is 6. The van der Waals surface area contributed by atoms with E-state index in [-0.39, 0.29) is 34.4 Å². The normalized spacial score (nSPS) is 10.9. The summed E-state index contributed by atoms with van der Waals surface area (Å²) in [6.07, 6.45) is 3.99. The minimum atomic E-state index is 0.0296. The molecule has 0 aliphatic rings. The molecule has 2 heterocycles. The maximum absolute atomic E-state index is 5.79. The molecule has 160 valence electrons. The number of hydrogen-bond donors (Lipinski definition) is 4. The van der Waals surface area contributed by atoms with E-state index in [4.69, 9.17) is 34.7 Å². The predicted molar refractivity (Wildman–Crippen MR) is 127 cm³/mol. The van der Waals surface area contributed by atoms with Gasteiger partial charge in [-0.3, -0.25) is 0 Å². The number of nitrogen functional groups attached to an aromatic ring is 2. The molecule has 0 spiro atoms. The molecule has 0 bridgehead atoms. The van der Waals surface area contributed by atoms with Crippen LogP contribution >= 0.6 is 23.2 Å². The molecule has 32 heavy (non-hydrogen) atoms. The smallest absolute Gasteiger partial charge is 0.233 e. The van der Waals surface area contributed by atoms with Crippen molar-refractivity contribution in [3.8, 4) is 0 Å². The van der Waals surface area contributed by atoms with Crippen LogP contribution in [0.2, 0.25) is 10.6 Å². The van der Waals surface area contributed by atoms with Gasteiger partial charge in [0.1, 0.15) is 0 Å². The average molecular weight is 467 g/mol. The molecule has 0 saturated carbocycles. The predicted octanol–water partition coefficient (Wildman–Crippen LogP) is 4.19. The summed E-state index contributed by atoms with van der Waals surface area (Å²) in [7, 11) is 0. The highest BCUT2D eigenvalue weighted by molar-refractivity contribution is 6.28. The molecule has 0 aliphatic heterocycles. The van der Waals surface area contributed by atoms with Crippen LogP contribution in [0.4, 0.5) is 35.2 Å². The Balaban J connectivity index is 1.38. The number of nitrogens with one attached hydrogen (secondary N) is 2. The lowest BCUT2D eigenvalue weighted by Crippen LogP contribution is -2.03. The van der Waals surface area contributed by atoms with Gasteiger partial charge in [0.05, 0.1) is 0 Å². The van der Waals surface area contributed by atoms with Crippen LogP contribution in [0, 0.1) is 0 Å². The van der Waals surface area contributed by atoms with Crippen LogP contribution in [0.15, 0.2) is 48.5 Å². The van der Waals surface area contributed by atoms with E-state index >= 15 is 0 Å². The van der Waals surface area contributed by atoms with E-state index < -0.39 is 0 Å². The Morgan fingerprint density at radius 3 is 1.28 bits per heavy atom. The van der Waals surface area contributed by atoms with Crippen LogP contribution in [0.3, 0.4) is 0 Å². The van der Waals surface area contributed by atoms with Gasteiger partial charge < -0.3 is 22.1 Å². The average Bonchev–Trinajstić information content (AvgIpc) is 2.73. The molecule has 4 rings (SSSR count). The molecule has 2 aromatic heterocycles. The van der Waals surface area contributed by atoms with Gasteiger partial charge in [0.15, 0.2) is 0 Å². The maximum atomic E-state index is 5.79. The largest absolute Gasteiger partial charge is 0.368 e. The Morgan fingerprint density at radius 2 is 0.938 bits per heavy atom. The van der Waals surface area contributed by atoms with Crippen LogP contribution in [0.5, 0.6) is 0 Å². The van der Waals surface area contributed by atoms with E-state index in [9.17, 15) is 0 Å². The molecule has 0 fully saturated rings. The van der Waals surface area contributed by atoms with Gasteiger partial charge in [-0.2, -0.15) is 29.9 Å². The number of benzene rings is 2. The molecule has 0 atom stereocenters. The lowest BCUT2D eigenvalue weighted by Gasteiger charge is -2.06. The van der Waals surface area contributed by atoms with Crippen LogP contribution in [-0.4, -0.2) is 29.9 Å². The zero-order chi connectivity index (χ0) is 22.5. The van der Waals surface area contributed by atoms with Crippen LogP contribution in [0.25, 0.3) is 12.2 Å². The van der Waals surface area contributed by atoms with E-state index in [1.807, 2.05) is 60.7 Å². The van der Waals surface area contributed by atoms with Crippen molar-refractivity contribution in [2.45, 2.75) is 0 Å². The van der Waals surface area contributed by atoms with Crippen molar-refractivity contribution in [3.05, 3.63) is 70.2 Å². The second kappa shape index (κ2) is 9.41. The van der Waals surface area contributed by atoms with Crippen molar-refractivity contribution in [1.29, 1.82) is 0 Å². The molecule has 0 unspecified atom stereocenters. The number of nitrogens with zero attached hydrogens (tertiary/aromatic N) is 6. The number of halogens is 2. The first-order chi connectivity index (χ1) is 15.4. The van der Waals surface area contributed by atoms with E-state index in [1.165, 1.54) is 0 Å². The summed E-state index contributed by atoms with van der Waals surface area (Å²) >= 11 is 11.6. The van der Waals surface area contributed by atoms with Crippen LogP contribution < -0.4 is 22.1 Å². The first kappa shape index (κ1) is 21.2. The van der Waals surface area contributed by atoms with E-state index in [0.29, 0.717) is 0 Å². The number of rotatable bonds is 6. The third-order valence-corrected chi connectivity index (χ3v) is 4.39. The van der Waals surface area contributed by atoms with E-state index in [2.05, 4.69) is 40.5 Å². The summed E-state index contributed by atoms with van der Waals surface area (Å²) in [5, 5.41) is 6.12. The molecule has 0 radical (unpaired) electrons. The lowest BCUT2D eigenvalue weighted by atomic mass is 10.1. The first-order valence-corrected chi connectivity index (χ1v) is 9.95. The molecule has 0 saturated heterocycles. The highest BCUT2D eigenvalue weighted by Gasteiger charge is 2.04. The van der Waals surface area contributed by atoms with Gasteiger partial charge in [0.2, 0.25) is 34.4 Å². The van der Waals surface area contributed by atoms with Gasteiger partial charge in [-0.05, 0) is 58.6 Å². The third kappa shape index (κ3) is 5.78. The topological polar surface area (TPSA) is 153 Å². The number of aromatic nitrogens is 6. The second-order valence-electron chi connectivity index (χ2n) is 6.40. The van der Waals surface area contributed by atoms with Crippen molar-refractivity contribution in [2.75, 3.05) is 22.1 Å². The molecule has 6 N–H and O–H groups in total. The van der Waals surface area contributed by atoms with Gasteiger partial charge in [0, 0.05) is 11.4 Å². The van der Waals surface area contributed by atoms with E-state index in [1.54, 1.807) is 0 Å². The zero-order valence-corrected chi connectivity index (χ0v) is 17.9. The van der Waals surface area contributed by atoms with Gasteiger partial charge in [-0.25, -0.2) is 0 Å². The maximum Gasteiger partial charge on any atom is 0.233 e. The lowest BCUT2D eigenvalue weighted by molar-refractivity contribution is 1.07. The highest BCUT2D eigenvalue weighted by Crippen LogP contribution is 2.19. The third-order valence-electron chi connectivity index (χ3n) is 4.05. The minimum absolute atomic E-state index is 0.0296. The highest BCUT2D eigenvalue weighted by atomic mass is 35.5. The second-order valence-corrected chi connectivity index (χ2v) is 7.08. The summed E-state index contributed by atoms with van der Waals surface area (Å²) in [4.78, 5) is 23.4. The standard InChI is InChI=1S/C20H16Cl2N10/c21-15-27-17(23)31-19(29-15)25-13-7-3-11(4-8-13)1-2-12-5-9-14(10-6-12)26-20-30-16(22)28-18(24)32-20/h1-10H,(H3,23,25,27,29,31)(H3,24,26,28,30,32). The van der Waals surface area contributed by atoms with Crippen LogP contribution in [-0.2, 0) is 0 Å². The Labute approximate surface area is 192 Å². The van der Waals surface area contributed by atoms with Crippen molar-refractivity contribution in [3.63, 3.8) is 0 Å². The molecule has 0 aliphatic carbocycles. The van der Waals surface area contributed by atoms with Gasteiger partial charge in [0.25, 0.3) is 0 Å². The fraction of sp³-hybridized carbons (Fsp3) is 0. The summed E-state index contributed by atoms with van der Waals surface area (Å²) in [6, 6.07) is 15.4. The molecule has 2 aromatic carbocycles. The van der Waals surface area contributed by atoms with Crippen molar-refractivity contribution in [1.82, 2.24) is 29.9 Å². The minimum Gasteiger partial charge on any atom is -0.368 e. The van der Waals surface area contributed by atoms with E-state index in [0.717, 1.165) is 22.5 Å².